The highest BCUT2D eigenvalue weighted by atomic mass is 35.5. The van der Waals surface area contributed by atoms with Crippen LogP contribution in [0.2, 0.25) is 10.0 Å². The summed E-state index contributed by atoms with van der Waals surface area (Å²) in [5.74, 6) is 5.03. The molecule has 1 unspecified atom stereocenters. The Bertz CT molecular complexity index is 605. The molecule has 0 saturated heterocycles. The molecule has 0 saturated carbocycles. The maximum atomic E-state index is 11.9. The first-order valence-electron chi connectivity index (χ1n) is 5.79. The van der Waals surface area contributed by atoms with E-state index in [0.717, 1.165) is 0 Å². The number of hydrogen-bond donors (Lipinski definition) is 2. The molecule has 0 fully saturated rings. The zero-order chi connectivity index (χ0) is 14.5. The maximum Gasteiger partial charge on any atom is 0.279 e. The normalized spacial score (nSPS) is 11.8. The van der Waals surface area contributed by atoms with Gasteiger partial charge in [-0.1, -0.05) is 59.6 Å². The molecule has 104 valence electrons. The SMILES string of the molecule is NNC(=O)C(Oc1cccc(Cl)c1Cl)c1ccccc1. The third kappa shape index (κ3) is 3.22. The summed E-state index contributed by atoms with van der Waals surface area (Å²) in [6.07, 6.45) is -0.905. The van der Waals surface area contributed by atoms with E-state index in [1.165, 1.54) is 0 Å². The molecule has 0 aliphatic heterocycles. The van der Waals surface area contributed by atoms with Crippen LogP contribution in [-0.2, 0) is 4.79 Å². The predicted octanol–water partition coefficient (Wildman–Crippen LogP) is 3.10. The van der Waals surface area contributed by atoms with Crippen molar-refractivity contribution in [3.05, 3.63) is 64.1 Å². The van der Waals surface area contributed by atoms with Crippen LogP contribution in [0.4, 0.5) is 0 Å². The van der Waals surface area contributed by atoms with Gasteiger partial charge in [-0.15, -0.1) is 0 Å². The number of nitrogens with one attached hydrogen (secondary N) is 1. The summed E-state index contributed by atoms with van der Waals surface area (Å²) < 4.78 is 5.66. The molecule has 2 rings (SSSR count). The molecule has 3 N–H and O–H groups in total. The van der Waals surface area contributed by atoms with Crippen LogP contribution in [0.25, 0.3) is 0 Å². The maximum absolute atomic E-state index is 11.9. The summed E-state index contributed by atoms with van der Waals surface area (Å²) in [4.78, 5) is 11.9. The van der Waals surface area contributed by atoms with Crippen molar-refractivity contribution in [3.63, 3.8) is 0 Å². The lowest BCUT2D eigenvalue weighted by atomic mass is 10.1. The largest absolute Gasteiger partial charge is 0.474 e. The van der Waals surface area contributed by atoms with Crippen molar-refractivity contribution >= 4 is 29.1 Å². The Morgan fingerprint density at radius 2 is 1.80 bits per heavy atom. The van der Waals surface area contributed by atoms with Crippen LogP contribution in [0.3, 0.4) is 0 Å². The van der Waals surface area contributed by atoms with Crippen molar-refractivity contribution in [2.75, 3.05) is 0 Å². The Balaban J connectivity index is 2.34. The van der Waals surface area contributed by atoms with E-state index in [1.54, 1.807) is 42.5 Å². The smallest absolute Gasteiger partial charge is 0.279 e. The molecule has 0 aliphatic rings. The molecule has 0 aromatic heterocycles. The Labute approximate surface area is 126 Å². The molecule has 0 spiro atoms. The predicted molar refractivity (Wildman–Crippen MR) is 78.6 cm³/mol. The molecule has 0 radical (unpaired) electrons. The fourth-order valence-corrected chi connectivity index (χ4v) is 2.01. The second-order valence-corrected chi connectivity index (χ2v) is 4.75. The van der Waals surface area contributed by atoms with E-state index in [9.17, 15) is 4.79 Å². The van der Waals surface area contributed by atoms with Gasteiger partial charge in [0, 0.05) is 5.56 Å². The summed E-state index contributed by atoms with van der Waals surface area (Å²) in [5, 5.41) is 0.601. The van der Waals surface area contributed by atoms with Crippen molar-refractivity contribution in [2.45, 2.75) is 6.10 Å². The fourth-order valence-electron chi connectivity index (χ4n) is 1.68. The van der Waals surface area contributed by atoms with Crippen LogP contribution in [0.15, 0.2) is 48.5 Å². The van der Waals surface area contributed by atoms with Gasteiger partial charge in [0.15, 0.2) is 0 Å². The second-order valence-electron chi connectivity index (χ2n) is 3.97. The topological polar surface area (TPSA) is 64.3 Å². The van der Waals surface area contributed by atoms with Crippen LogP contribution in [0.5, 0.6) is 5.75 Å². The van der Waals surface area contributed by atoms with Gasteiger partial charge in [0.2, 0.25) is 6.10 Å². The molecule has 20 heavy (non-hydrogen) atoms. The van der Waals surface area contributed by atoms with E-state index in [2.05, 4.69) is 5.43 Å². The first kappa shape index (κ1) is 14.7. The van der Waals surface area contributed by atoms with E-state index in [4.69, 9.17) is 33.8 Å². The number of nitrogens with two attached hydrogens (primary N) is 1. The van der Waals surface area contributed by atoms with Gasteiger partial charge in [0.05, 0.1) is 5.02 Å². The third-order valence-electron chi connectivity index (χ3n) is 2.64. The number of benzene rings is 2. The first-order chi connectivity index (χ1) is 9.63. The Morgan fingerprint density at radius 3 is 2.45 bits per heavy atom. The number of amides is 1. The van der Waals surface area contributed by atoms with Crippen molar-refractivity contribution in [3.8, 4) is 5.75 Å². The van der Waals surface area contributed by atoms with Crippen molar-refractivity contribution < 1.29 is 9.53 Å². The minimum Gasteiger partial charge on any atom is -0.474 e. The van der Waals surface area contributed by atoms with Gasteiger partial charge in [-0.25, -0.2) is 5.84 Å². The highest BCUT2D eigenvalue weighted by molar-refractivity contribution is 6.42. The quantitative estimate of drug-likeness (QED) is 0.518. The van der Waals surface area contributed by atoms with E-state index in [0.29, 0.717) is 16.3 Å². The highest BCUT2D eigenvalue weighted by Gasteiger charge is 2.23. The molecular weight excluding hydrogens is 299 g/mol. The Hall–Kier alpha value is -1.75. The lowest BCUT2D eigenvalue weighted by Gasteiger charge is -2.18. The zero-order valence-electron chi connectivity index (χ0n) is 10.3. The van der Waals surface area contributed by atoms with Crippen molar-refractivity contribution in [1.29, 1.82) is 0 Å². The molecule has 1 atom stereocenters. The van der Waals surface area contributed by atoms with Crippen LogP contribution in [0, 0.1) is 0 Å². The third-order valence-corrected chi connectivity index (χ3v) is 3.45. The average Bonchev–Trinajstić information content (AvgIpc) is 2.49. The lowest BCUT2D eigenvalue weighted by Crippen LogP contribution is -2.37. The van der Waals surface area contributed by atoms with Gasteiger partial charge in [0.1, 0.15) is 10.8 Å². The fraction of sp³-hybridized carbons (Fsp3) is 0.0714. The average molecular weight is 311 g/mol. The zero-order valence-corrected chi connectivity index (χ0v) is 11.9. The number of carbonyl (C=O) groups excluding carboxylic acids is 1. The molecule has 6 heteroatoms. The van der Waals surface area contributed by atoms with Gasteiger partial charge < -0.3 is 4.74 Å². The summed E-state index contributed by atoms with van der Waals surface area (Å²) in [6.45, 7) is 0. The number of ether oxygens (including phenoxy) is 1. The lowest BCUT2D eigenvalue weighted by molar-refractivity contribution is -0.128. The number of hydrogen-bond acceptors (Lipinski definition) is 3. The van der Waals surface area contributed by atoms with E-state index >= 15 is 0 Å². The van der Waals surface area contributed by atoms with Gasteiger partial charge in [-0.05, 0) is 12.1 Å². The van der Waals surface area contributed by atoms with Gasteiger partial charge in [0.25, 0.3) is 5.91 Å². The van der Waals surface area contributed by atoms with E-state index in [1.807, 2.05) is 6.07 Å². The molecule has 4 nitrogen and oxygen atoms in total. The molecule has 0 bridgehead atoms. The summed E-state index contributed by atoms with van der Waals surface area (Å²) in [6, 6.07) is 13.9. The highest BCUT2D eigenvalue weighted by Crippen LogP contribution is 2.34. The van der Waals surface area contributed by atoms with E-state index < -0.39 is 12.0 Å². The first-order valence-corrected chi connectivity index (χ1v) is 6.55. The standard InChI is InChI=1S/C14H12Cl2N2O2/c15-10-7-4-8-11(12(10)16)20-13(14(19)18-17)9-5-2-1-3-6-9/h1-8,13H,17H2,(H,18,19). The molecule has 0 heterocycles. The van der Waals surface area contributed by atoms with Gasteiger partial charge >= 0.3 is 0 Å². The number of halogens is 2. The monoisotopic (exact) mass is 310 g/mol. The minimum atomic E-state index is -0.905. The van der Waals surface area contributed by atoms with E-state index in [-0.39, 0.29) is 5.02 Å². The van der Waals surface area contributed by atoms with Crippen LogP contribution in [-0.4, -0.2) is 5.91 Å². The van der Waals surface area contributed by atoms with Crippen molar-refractivity contribution in [1.82, 2.24) is 5.43 Å². The number of carbonyl (C=O) groups is 1. The minimum absolute atomic E-state index is 0.250. The van der Waals surface area contributed by atoms with Gasteiger partial charge in [-0.2, -0.15) is 0 Å². The summed E-state index contributed by atoms with van der Waals surface area (Å²) in [7, 11) is 0. The Kier molecular flexibility index (Phi) is 4.84. The summed E-state index contributed by atoms with van der Waals surface area (Å²) >= 11 is 12.0. The molecule has 2 aromatic carbocycles. The molecule has 1 amide bonds. The molecule has 2 aromatic rings. The van der Waals surface area contributed by atoms with Crippen LogP contribution < -0.4 is 16.0 Å². The Morgan fingerprint density at radius 1 is 1.10 bits per heavy atom. The van der Waals surface area contributed by atoms with Crippen molar-refractivity contribution in [2.24, 2.45) is 5.84 Å². The molecule has 0 aliphatic carbocycles. The number of rotatable bonds is 4. The van der Waals surface area contributed by atoms with Gasteiger partial charge in [-0.3, -0.25) is 10.2 Å². The van der Waals surface area contributed by atoms with Crippen LogP contribution >= 0.6 is 23.2 Å². The second kappa shape index (κ2) is 6.61. The van der Waals surface area contributed by atoms with Crippen LogP contribution in [0.1, 0.15) is 11.7 Å². The molecular formula is C14H12Cl2N2O2. The summed E-state index contributed by atoms with van der Waals surface area (Å²) in [5.41, 5.74) is 2.74. The number of hydrazine groups is 1.